The summed E-state index contributed by atoms with van der Waals surface area (Å²) in [7, 11) is 0. The molecule has 1 fully saturated rings. The molecule has 4 aromatic rings. The maximum Gasteiger partial charge on any atom is 0.262 e. The number of fused-ring (bicyclic) bond motifs is 1. The maximum absolute atomic E-state index is 12.4. The molecule has 172 valence electrons. The topological polar surface area (TPSA) is 57.7 Å². The van der Waals surface area contributed by atoms with Gasteiger partial charge >= 0.3 is 0 Å². The minimum atomic E-state index is -0.198. The van der Waals surface area contributed by atoms with Gasteiger partial charge in [0.1, 0.15) is 17.1 Å². The number of benzene rings is 3. The van der Waals surface area contributed by atoms with Crippen LogP contribution in [0, 0.1) is 6.92 Å². The number of aryl methyl sites for hydroxylation is 1. The van der Waals surface area contributed by atoms with Crippen molar-refractivity contribution < 1.29 is 9.53 Å². The van der Waals surface area contributed by atoms with Gasteiger partial charge < -0.3 is 19.9 Å². The number of carbonyl (C=O) groups excluding carboxylic acids is 1. The summed E-state index contributed by atoms with van der Waals surface area (Å²) < 4.78 is 5.90. The summed E-state index contributed by atoms with van der Waals surface area (Å²) in [6.45, 7) is 5.61. The lowest BCUT2D eigenvalue weighted by Gasteiger charge is -2.36. The van der Waals surface area contributed by atoms with Crippen molar-refractivity contribution in [3.05, 3.63) is 90.5 Å². The Morgan fingerprint density at radius 3 is 2.44 bits per heavy atom. The third-order valence-electron chi connectivity index (χ3n) is 6.05. The van der Waals surface area contributed by atoms with E-state index >= 15 is 0 Å². The van der Waals surface area contributed by atoms with Crippen molar-refractivity contribution in [1.29, 1.82) is 0 Å². The molecule has 0 unspecified atom stereocenters. The average Bonchev–Trinajstić information content (AvgIpc) is 2.88. The number of piperazine rings is 1. The number of aromatic nitrogens is 1. The molecule has 1 aromatic heterocycles. The first kappa shape index (κ1) is 21.8. The number of para-hydroxylation sites is 2. The number of anilines is 3. The van der Waals surface area contributed by atoms with Crippen molar-refractivity contribution in [3.63, 3.8) is 0 Å². The number of nitrogens with one attached hydrogen (secondary N) is 1. The molecule has 0 spiro atoms. The number of pyridine rings is 1. The van der Waals surface area contributed by atoms with Gasteiger partial charge in [-0.2, -0.15) is 0 Å². The molecular formula is C28H28N4O2. The lowest BCUT2D eigenvalue weighted by Crippen LogP contribution is -2.46. The standard InChI is InChI=1S/C28H28N4O2/c1-21-7-5-9-23(19-21)29-27(33)20-34-25-12-6-8-22-13-14-26(30-28(22)25)32-17-15-31(16-18-32)24-10-3-2-4-11-24/h2-14,19H,15-18,20H2,1H3,(H,29,33). The molecule has 1 aliphatic heterocycles. The van der Waals surface area contributed by atoms with E-state index in [-0.39, 0.29) is 12.5 Å². The van der Waals surface area contributed by atoms with Crippen LogP contribution in [0.1, 0.15) is 5.56 Å². The number of ether oxygens (including phenoxy) is 1. The quantitative estimate of drug-likeness (QED) is 0.452. The predicted octanol–water partition coefficient (Wildman–Crippen LogP) is 4.89. The Balaban J connectivity index is 1.26. The molecule has 6 nitrogen and oxygen atoms in total. The fourth-order valence-corrected chi connectivity index (χ4v) is 4.30. The lowest BCUT2D eigenvalue weighted by molar-refractivity contribution is -0.118. The van der Waals surface area contributed by atoms with Crippen LogP contribution in [-0.4, -0.2) is 43.7 Å². The number of nitrogens with zero attached hydrogens (tertiary/aromatic N) is 3. The SMILES string of the molecule is Cc1cccc(NC(=O)COc2cccc3ccc(N4CCN(c5ccccc5)CC4)nc23)c1. The third-order valence-corrected chi connectivity index (χ3v) is 6.05. The van der Waals surface area contributed by atoms with E-state index in [0.717, 1.165) is 54.2 Å². The third kappa shape index (κ3) is 4.96. The van der Waals surface area contributed by atoms with Crippen molar-refractivity contribution in [2.75, 3.05) is 47.9 Å². The maximum atomic E-state index is 12.4. The molecule has 1 amide bonds. The predicted molar refractivity (Wildman–Crippen MR) is 138 cm³/mol. The molecule has 1 saturated heterocycles. The number of hydrogen-bond donors (Lipinski definition) is 1. The van der Waals surface area contributed by atoms with Crippen LogP contribution < -0.4 is 19.9 Å². The summed E-state index contributed by atoms with van der Waals surface area (Å²) in [4.78, 5) is 22.1. The van der Waals surface area contributed by atoms with Gasteiger partial charge in [0.05, 0.1) is 0 Å². The van der Waals surface area contributed by atoms with Crippen molar-refractivity contribution in [1.82, 2.24) is 4.98 Å². The highest BCUT2D eigenvalue weighted by atomic mass is 16.5. The van der Waals surface area contributed by atoms with E-state index in [9.17, 15) is 4.79 Å². The summed E-state index contributed by atoms with van der Waals surface area (Å²) >= 11 is 0. The van der Waals surface area contributed by atoms with Crippen LogP contribution in [0.5, 0.6) is 5.75 Å². The van der Waals surface area contributed by atoms with E-state index in [1.807, 2.05) is 55.5 Å². The second-order valence-corrected chi connectivity index (χ2v) is 8.51. The van der Waals surface area contributed by atoms with Crippen LogP contribution in [0.4, 0.5) is 17.2 Å². The van der Waals surface area contributed by atoms with Gasteiger partial charge in [-0.1, -0.05) is 42.5 Å². The number of carbonyl (C=O) groups is 1. The molecule has 0 aliphatic carbocycles. The Hall–Kier alpha value is -4.06. The van der Waals surface area contributed by atoms with Crippen LogP contribution in [0.15, 0.2) is 84.9 Å². The summed E-state index contributed by atoms with van der Waals surface area (Å²) in [6.07, 6.45) is 0. The molecule has 0 saturated carbocycles. The van der Waals surface area contributed by atoms with Gasteiger partial charge in [0.15, 0.2) is 6.61 Å². The highest BCUT2D eigenvalue weighted by molar-refractivity contribution is 5.92. The molecule has 0 radical (unpaired) electrons. The monoisotopic (exact) mass is 452 g/mol. The van der Waals surface area contributed by atoms with Gasteiger partial charge in [0, 0.05) is 42.9 Å². The van der Waals surface area contributed by atoms with Crippen molar-refractivity contribution in [3.8, 4) is 5.75 Å². The first-order valence-corrected chi connectivity index (χ1v) is 11.6. The summed E-state index contributed by atoms with van der Waals surface area (Å²) in [6, 6.07) is 28.2. The van der Waals surface area contributed by atoms with Crippen LogP contribution >= 0.6 is 0 Å². The van der Waals surface area contributed by atoms with Gasteiger partial charge in [0.25, 0.3) is 5.91 Å². The van der Waals surface area contributed by atoms with E-state index in [2.05, 4.69) is 51.5 Å². The molecule has 2 heterocycles. The number of amides is 1. The Morgan fingerprint density at radius 1 is 0.882 bits per heavy atom. The molecule has 1 aliphatic rings. The molecular weight excluding hydrogens is 424 g/mol. The molecule has 34 heavy (non-hydrogen) atoms. The zero-order chi connectivity index (χ0) is 23.3. The fourth-order valence-electron chi connectivity index (χ4n) is 4.30. The molecule has 3 aromatic carbocycles. The normalized spacial score (nSPS) is 13.7. The van der Waals surface area contributed by atoms with Crippen molar-refractivity contribution >= 4 is 34.0 Å². The van der Waals surface area contributed by atoms with Crippen LogP contribution in [0.2, 0.25) is 0 Å². The van der Waals surface area contributed by atoms with Gasteiger partial charge in [-0.05, 0) is 55.0 Å². The summed E-state index contributed by atoms with van der Waals surface area (Å²) in [5.41, 5.74) is 3.89. The number of rotatable bonds is 6. The van der Waals surface area contributed by atoms with Crippen molar-refractivity contribution in [2.45, 2.75) is 6.92 Å². The highest BCUT2D eigenvalue weighted by Crippen LogP contribution is 2.27. The Labute approximate surface area is 199 Å². The van der Waals surface area contributed by atoms with Gasteiger partial charge in [-0.3, -0.25) is 4.79 Å². The van der Waals surface area contributed by atoms with E-state index < -0.39 is 0 Å². The molecule has 5 rings (SSSR count). The van der Waals surface area contributed by atoms with Crippen LogP contribution in [0.3, 0.4) is 0 Å². The molecule has 6 heteroatoms. The van der Waals surface area contributed by atoms with Gasteiger partial charge in [0.2, 0.25) is 0 Å². The summed E-state index contributed by atoms with van der Waals surface area (Å²) in [5.74, 6) is 1.35. The largest absolute Gasteiger partial charge is 0.481 e. The Kier molecular flexibility index (Phi) is 6.29. The number of hydrogen-bond acceptors (Lipinski definition) is 5. The van der Waals surface area contributed by atoms with E-state index in [4.69, 9.17) is 9.72 Å². The van der Waals surface area contributed by atoms with Gasteiger partial charge in [-0.15, -0.1) is 0 Å². The minimum absolute atomic E-state index is 0.0747. The van der Waals surface area contributed by atoms with E-state index in [1.54, 1.807) is 0 Å². The first-order valence-electron chi connectivity index (χ1n) is 11.6. The first-order chi connectivity index (χ1) is 16.7. The van der Waals surface area contributed by atoms with Crippen molar-refractivity contribution in [2.24, 2.45) is 0 Å². The molecule has 0 bridgehead atoms. The van der Waals surface area contributed by atoms with Crippen LogP contribution in [-0.2, 0) is 4.79 Å². The zero-order valence-corrected chi connectivity index (χ0v) is 19.3. The summed E-state index contributed by atoms with van der Waals surface area (Å²) in [5, 5.41) is 3.87. The minimum Gasteiger partial charge on any atom is -0.481 e. The van der Waals surface area contributed by atoms with E-state index in [0.29, 0.717) is 5.75 Å². The van der Waals surface area contributed by atoms with Crippen LogP contribution in [0.25, 0.3) is 10.9 Å². The molecule has 1 N–H and O–H groups in total. The second-order valence-electron chi connectivity index (χ2n) is 8.51. The lowest BCUT2D eigenvalue weighted by atomic mass is 10.2. The zero-order valence-electron chi connectivity index (χ0n) is 19.3. The smallest absolute Gasteiger partial charge is 0.262 e. The Morgan fingerprint density at radius 2 is 1.65 bits per heavy atom. The fraction of sp³-hybridized carbons (Fsp3) is 0.214. The van der Waals surface area contributed by atoms with Gasteiger partial charge in [-0.25, -0.2) is 4.98 Å². The molecule has 0 atom stereocenters. The van der Waals surface area contributed by atoms with E-state index in [1.165, 1.54) is 5.69 Å². The average molecular weight is 453 g/mol. The second kappa shape index (κ2) is 9.83. The highest BCUT2D eigenvalue weighted by Gasteiger charge is 2.19. The Bertz CT molecular complexity index is 1280.